The van der Waals surface area contributed by atoms with Crippen LogP contribution in [0.15, 0.2) is 0 Å². The van der Waals surface area contributed by atoms with E-state index in [1.807, 2.05) is 0 Å². The lowest BCUT2D eigenvalue weighted by atomic mass is 9.81. The molecule has 0 amide bonds. The lowest BCUT2D eigenvalue weighted by Gasteiger charge is -2.46. The highest BCUT2D eigenvalue weighted by molar-refractivity contribution is 7.86. The fourth-order valence-electron chi connectivity index (χ4n) is 4.79. The van der Waals surface area contributed by atoms with Crippen LogP contribution < -0.4 is 0 Å². The minimum absolute atomic E-state index is 0.326. The minimum Gasteiger partial charge on any atom is -0.339 e. The van der Waals surface area contributed by atoms with Crippen molar-refractivity contribution >= 4 is 82.9 Å². The summed E-state index contributed by atoms with van der Waals surface area (Å²) in [5.41, 5.74) is 0. The number of ether oxygens (including phenoxy) is 2. The van der Waals surface area contributed by atoms with Crippen LogP contribution in [0.3, 0.4) is 0 Å². The second-order valence-electron chi connectivity index (χ2n) is 10.4. The van der Waals surface area contributed by atoms with Crippen LogP contribution in [-0.2, 0) is 126 Å². The van der Waals surface area contributed by atoms with Gasteiger partial charge >= 0.3 is 72.8 Å². The van der Waals surface area contributed by atoms with E-state index in [4.69, 9.17) is 14.0 Å². The van der Waals surface area contributed by atoms with Crippen LogP contribution in [0.2, 0.25) is 0 Å². The normalized spacial score (nSPS) is 30.7. The summed E-state index contributed by atoms with van der Waals surface area (Å²) in [4.78, 5) is 0. The van der Waals surface area contributed by atoms with Crippen molar-refractivity contribution in [2.75, 3.05) is 26.1 Å². The van der Waals surface area contributed by atoms with Crippen molar-refractivity contribution in [3.63, 3.8) is 0 Å². The molecular formula is C14H26O33S8. The van der Waals surface area contributed by atoms with Crippen LogP contribution in [-0.4, -0.2) is 174 Å². The van der Waals surface area contributed by atoms with E-state index in [9.17, 15) is 94.7 Å². The molecule has 1 unspecified atom stereocenters. The lowest BCUT2D eigenvalue weighted by Crippen LogP contribution is -2.63. The van der Waals surface area contributed by atoms with E-state index in [0.29, 0.717) is 6.26 Å². The van der Waals surface area contributed by atoms with E-state index in [0.717, 1.165) is 0 Å². The Balaban J connectivity index is 3.07. The maximum absolute atomic E-state index is 11.9. The number of hydrogen-bond acceptors (Lipinski definition) is 26. The van der Waals surface area contributed by atoms with Crippen molar-refractivity contribution in [3.8, 4) is 0 Å². The molecule has 1 aliphatic heterocycles. The zero-order chi connectivity index (χ0) is 43.0. The Morgan fingerprint density at radius 2 is 0.927 bits per heavy atom. The highest BCUT2D eigenvalue weighted by atomic mass is 32.3. The average molecular weight is 979 g/mol. The van der Waals surface area contributed by atoms with Gasteiger partial charge in [0, 0.05) is 5.92 Å². The second-order valence-corrected chi connectivity index (χ2v) is 19.5. The van der Waals surface area contributed by atoms with Crippen molar-refractivity contribution in [2.24, 2.45) is 5.92 Å². The van der Waals surface area contributed by atoms with Crippen LogP contribution in [0, 0.1) is 5.92 Å². The zero-order valence-corrected chi connectivity index (χ0v) is 32.5. The SMILES string of the molecule is CS(=O)(=O)OC[C@H]1O[C@@](COS(=O)(=O)O)(O[C@H]2C[C@H](COS(=O)(=O)O)C(OS(=O)(=O)O)[C@H](OS(=O)(=O)O)[C@H]2OS(=O)(=O)O)[C@@H](OS(=O)(=O)O)[C@@H]1OS(=O)(=O)O. The van der Waals surface area contributed by atoms with Gasteiger partial charge in [-0.1, -0.05) is 0 Å². The first-order valence-corrected chi connectivity index (χ1v) is 24.3. The highest BCUT2D eigenvalue weighted by Gasteiger charge is 2.65. The van der Waals surface area contributed by atoms with Crippen LogP contribution in [0.4, 0.5) is 0 Å². The smallest absolute Gasteiger partial charge is 0.339 e. The third-order valence-corrected chi connectivity index (χ3v) is 9.98. The van der Waals surface area contributed by atoms with Crippen LogP contribution in [0.5, 0.6) is 0 Å². The summed E-state index contributed by atoms with van der Waals surface area (Å²) < 4.78 is 297. The van der Waals surface area contributed by atoms with Gasteiger partial charge in [0.15, 0.2) is 6.10 Å². The molecule has 2 aliphatic rings. The Labute approximate surface area is 310 Å². The summed E-state index contributed by atoms with van der Waals surface area (Å²) in [6.07, 6.45) is -22.5. The molecule has 2 rings (SSSR count). The molecule has 41 heteroatoms. The maximum Gasteiger partial charge on any atom is 0.397 e. The number of rotatable bonds is 21. The Morgan fingerprint density at radius 3 is 1.35 bits per heavy atom. The van der Waals surface area contributed by atoms with E-state index >= 15 is 0 Å². The van der Waals surface area contributed by atoms with Gasteiger partial charge in [-0.05, 0) is 6.42 Å². The van der Waals surface area contributed by atoms with Crippen LogP contribution in [0.25, 0.3) is 0 Å². The van der Waals surface area contributed by atoms with Gasteiger partial charge in [-0.2, -0.15) is 67.3 Å². The molecule has 0 aromatic carbocycles. The molecular weight excluding hydrogens is 953 g/mol. The van der Waals surface area contributed by atoms with Crippen molar-refractivity contribution in [1.29, 1.82) is 0 Å². The summed E-state index contributed by atoms with van der Waals surface area (Å²) >= 11 is 0. The van der Waals surface area contributed by atoms with Crippen molar-refractivity contribution in [3.05, 3.63) is 0 Å². The first-order valence-electron chi connectivity index (χ1n) is 12.9. The van der Waals surface area contributed by atoms with E-state index < -0.39 is 164 Å². The second kappa shape index (κ2) is 17.3. The molecule has 328 valence electrons. The monoisotopic (exact) mass is 978 g/mol. The van der Waals surface area contributed by atoms with Crippen molar-refractivity contribution in [1.82, 2.24) is 0 Å². The van der Waals surface area contributed by atoms with Crippen molar-refractivity contribution < 1.29 is 142 Å². The molecule has 1 saturated heterocycles. The highest BCUT2D eigenvalue weighted by Crippen LogP contribution is 2.44. The predicted octanol–water partition coefficient (Wildman–Crippen LogP) is -5.96. The van der Waals surface area contributed by atoms with Gasteiger partial charge in [0.05, 0.1) is 25.6 Å². The topological polar surface area (TPSA) is 507 Å². The molecule has 0 bridgehead atoms. The summed E-state index contributed by atoms with van der Waals surface area (Å²) in [6, 6.07) is 0. The Morgan fingerprint density at radius 1 is 0.509 bits per heavy atom. The largest absolute Gasteiger partial charge is 0.397 e. The molecule has 7 N–H and O–H groups in total. The summed E-state index contributed by atoms with van der Waals surface area (Å²) in [5.74, 6) is -6.32. The molecule has 0 spiro atoms. The van der Waals surface area contributed by atoms with Gasteiger partial charge in [-0.15, -0.1) is 0 Å². The molecule has 33 nitrogen and oxygen atoms in total. The van der Waals surface area contributed by atoms with Gasteiger partial charge < -0.3 is 9.47 Å². The molecule has 1 heterocycles. The molecule has 0 aromatic heterocycles. The molecule has 1 saturated carbocycles. The fraction of sp³-hybridized carbons (Fsp3) is 1.00. The molecule has 2 fully saturated rings. The average Bonchev–Trinajstić information content (AvgIpc) is 3.15. The minimum atomic E-state index is -6.15. The van der Waals surface area contributed by atoms with Crippen LogP contribution in [0.1, 0.15) is 6.42 Å². The third-order valence-electron chi connectivity index (χ3n) is 6.26. The third kappa shape index (κ3) is 18.2. The molecule has 0 aromatic rings. The number of hydrogen-bond donors (Lipinski definition) is 7. The Kier molecular flexibility index (Phi) is 15.7. The van der Waals surface area contributed by atoms with Gasteiger partial charge in [0.1, 0.15) is 37.1 Å². The molecule has 55 heavy (non-hydrogen) atoms. The molecule has 1 aliphatic carbocycles. The zero-order valence-electron chi connectivity index (χ0n) is 26.0. The summed E-state index contributed by atoms with van der Waals surface area (Å²) in [7, 11) is -46.6. The fourth-order valence-corrected chi connectivity index (χ4v) is 8.42. The summed E-state index contributed by atoms with van der Waals surface area (Å²) in [6.45, 7) is -5.56. The standard InChI is InChI=1S/C14H26O33S8/c1-48(15,16)38-4-8-11(45-53(29,30)31)13(47-55(35,36)37)14(42-8,5-40-50(20,21)22)41-7-2-6(3-39-49(17,18)19)9(43-51(23,24)25)12(46-54(32,33)34)10(7)44-52(26,27)28/h6-13H,2-5H2,1H3,(H,17,18,19)(H,20,21,22)(H,23,24,25)(H,26,27,28)(H,29,30,31)(H,32,33,34)(H,35,36,37)/t6-,7+,8-,9?,10+,11-,12+,13+,14-/m1/s1. The van der Waals surface area contributed by atoms with Gasteiger partial charge in [-0.25, -0.2) is 29.3 Å². The van der Waals surface area contributed by atoms with E-state index in [2.05, 4.69) is 33.5 Å². The first-order chi connectivity index (χ1) is 24.2. The van der Waals surface area contributed by atoms with E-state index in [-0.39, 0.29) is 0 Å². The maximum atomic E-state index is 11.9. The van der Waals surface area contributed by atoms with Crippen LogP contribution >= 0.6 is 0 Å². The Hall–Kier alpha value is -1.08. The lowest BCUT2D eigenvalue weighted by molar-refractivity contribution is -0.309. The molecule has 0 radical (unpaired) electrons. The van der Waals surface area contributed by atoms with E-state index in [1.54, 1.807) is 0 Å². The molecule has 9 atom stereocenters. The quantitative estimate of drug-likeness (QED) is 0.0416. The van der Waals surface area contributed by atoms with E-state index in [1.165, 1.54) is 0 Å². The van der Waals surface area contributed by atoms with Gasteiger partial charge in [0.25, 0.3) is 10.1 Å². The first kappa shape index (κ1) is 50.1. The Bertz CT molecular complexity index is 2280. The predicted molar refractivity (Wildman–Crippen MR) is 158 cm³/mol. The van der Waals surface area contributed by atoms with Crippen molar-refractivity contribution in [2.45, 2.75) is 54.9 Å². The van der Waals surface area contributed by atoms with Gasteiger partial charge in [-0.3, -0.25) is 36.1 Å². The van der Waals surface area contributed by atoms with Gasteiger partial charge in [0.2, 0.25) is 5.79 Å². The summed E-state index contributed by atoms with van der Waals surface area (Å²) in [5, 5.41) is 0.